The Morgan fingerprint density at radius 3 is 2.95 bits per heavy atom. The number of methoxy groups -OCH3 is 1. The average molecular weight is 304 g/mol. The van der Waals surface area contributed by atoms with Crippen LogP contribution in [-0.4, -0.2) is 40.0 Å². The SMILES string of the molecule is COc1ccc(C(=O)CSc2nnc3n2CCCN3)cc1. The zero-order valence-electron chi connectivity index (χ0n) is 11.7. The first-order valence-corrected chi connectivity index (χ1v) is 7.73. The van der Waals surface area contributed by atoms with Crippen LogP contribution in [0.5, 0.6) is 5.75 Å². The third kappa shape index (κ3) is 3.02. The Bertz CT molecular complexity index is 639. The van der Waals surface area contributed by atoms with Crippen LogP contribution < -0.4 is 10.1 Å². The lowest BCUT2D eigenvalue weighted by Crippen LogP contribution is -2.17. The Hall–Kier alpha value is -2.02. The summed E-state index contributed by atoms with van der Waals surface area (Å²) in [7, 11) is 1.61. The number of hydrogen-bond acceptors (Lipinski definition) is 6. The summed E-state index contributed by atoms with van der Waals surface area (Å²) in [5, 5.41) is 12.2. The largest absolute Gasteiger partial charge is 0.497 e. The van der Waals surface area contributed by atoms with Crippen LogP contribution in [0.4, 0.5) is 5.95 Å². The number of rotatable bonds is 5. The molecule has 6 nitrogen and oxygen atoms in total. The lowest BCUT2D eigenvalue weighted by atomic mass is 10.1. The molecule has 3 rings (SSSR count). The van der Waals surface area contributed by atoms with Gasteiger partial charge in [-0.15, -0.1) is 10.2 Å². The van der Waals surface area contributed by atoms with Gasteiger partial charge in [0.2, 0.25) is 5.95 Å². The fraction of sp³-hybridized carbons (Fsp3) is 0.357. The molecule has 7 heteroatoms. The lowest BCUT2D eigenvalue weighted by Gasteiger charge is -2.15. The van der Waals surface area contributed by atoms with Crippen molar-refractivity contribution in [2.75, 3.05) is 24.7 Å². The maximum atomic E-state index is 12.2. The number of nitrogens with zero attached hydrogens (tertiary/aromatic N) is 3. The molecule has 2 heterocycles. The van der Waals surface area contributed by atoms with Gasteiger partial charge in [-0.25, -0.2) is 0 Å². The number of carbonyl (C=O) groups is 1. The molecule has 1 N–H and O–H groups in total. The van der Waals surface area contributed by atoms with Crippen LogP contribution in [0, 0.1) is 0 Å². The van der Waals surface area contributed by atoms with Crippen LogP contribution in [0.15, 0.2) is 29.4 Å². The smallest absolute Gasteiger partial charge is 0.225 e. The molecule has 1 aromatic heterocycles. The molecule has 0 bridgehead atoms. The zero-order chi connectivity index (χ0) is 14.7. The van der Waals surface area contributed by atoms with Crippen molar-refractivity contribution >= 4 is 23.5 Å². The summed E-state index contributed by atoms with van der Waals surface area (Å²) in [6.45, 7) is 1.82. The molecular formula is C14H16N4O2S. The molecule has 110 valence electrons. The van der Waals surface area contributed by atoms with E-state index < -0.39 is 0 Å². The van der Waals surface area contributed by atoms with Gasteiger partial charge in [0.15, 0.2) is 10.9 Å². The predicted molar refractivity (Wildman–Crippen MR) is 81.2 cm³/mol. The van der Waals surface area contributed by atoms with Gasteiger partial charge in [-0.05, 0) is 30.7 Å². The van der Waals surface area contributed by atoms with Crippen molar-refractivity contribution in [2.24, 2.45) is 0 Å². The summed E-state index contributed by atoms with van der Waals surface area (Å²) in [5.74, 6) is 1.96. The van der Waals surface area contributed by atoms with E-state index in [9.17, 15) is 4.79 Å². The number of benzene rings is 1. The molecule has 1 aliphatic heterocycles. The third-order valence-electron chi connectivity index (χ3n) is 3.30. The van der Waals surface area contributed by atoms with Crippen molar-refractivity contribution in [1.82, 2.24) is 14.8 Å². The van der Waals surface area contributed by atoms with Crippen LogP contribution >= 0.6 is 11.8 Å². The van der Waals surface area contributed by atoms with E-state index in [1.165, 1.54) is 11.8 Å². The van der Waals surface area contributed by atoms with Crippen molar-refractivity contribution in [2.45, 2.75) is 18.1 Å². The molecule has 1 aliphatic rings. The first-order valence-electron chi connectivity index (χ1n) is 6.75. The van der Waals surface area contributed by atoms with E-state index in [4.69, 9.17) is 4.74 Å². The Kier molecular flexibility index (Phi) is 4.10. The summed E-state index contributed by atoms with van der Waals surface area (Å²) >= 11 is 1.42. The third-order valence-corrected chi connectivity index (χ3v) is 4.27. The van der Waals surface area contributed by atoms with Gasteiger partial charge < -0.3 is 10.1 Å². The number of Topliss-reactive ketones (excluding diaryl/α,β-unsaturated/α-hetero) is 1. The number of nitrogens with one attached hydrogen (secondary N) is 1. The maximum Gasteiger partial charge on any atom is 0.225 e. The Balaban J connectivity index is 1.64. The number of ether oxygens (including phenoxy) is 1. The number of carbonyl (C=O) groups excluding carboxylic acids is 1. The van der Waals surface area contributed by atoms with Crippen molar-refractivity contribution in [1.29, 1.82) is 0 Å². The van der Waals surface area contributed by atoms with Crippen LogP contribution in [0.1, 0.15) is 16.8 Å². The van der Waals surface area contributed by atoms with Gasteiger partial charge in [-0.3, -0.25) is 9.36 Å². The maximum absolute atomic E-state index is 12.2. The van der Waals surface area contributed by atoms with Gasteiger partial charge in [-0.2, -0.15) is 0 Å². The number of ketones is 1. The summed E-state index contributed by atoms with van der Waals surface area (Å²) in [6.07, 6.45) is 1.05. The second kappa shape index (κ2) is 6.17. The molecule has 0 spiro atoms. The predicted octanol–water partition coefficient (Wildman–Crippen LogP) is 2.08. The van der Waals surface area contributed by atoms with Crippen molar-refractivity contribution < 1.29 is 9.53 Å². The molecule has 1 aromatic carbocycles. The number of aromatic nitrogens is 3. The number of anilines is 1. The minimum absolute atomic E-state index is 0.0729. The molecule has 0 amide bonds. The van der Waals surface area contributed by atoms with E-state index >= 15 is 0 Å². The van der Waals surface area contributed by atoms with Gasteiger partial charge in [0.05, 0.1) is 12.9 Å². The highest BCUT2D eigenvalue weighted by atomic mass is 32.2. The molecule has 0 aliphatic carbocycles. The number of hydrogen-bond donors (Lipinski definition) is 1. The summed E-state index contributed by atoms with van der Waals surface area (Å²) in [4.78, 5) is 12.2. The number of fused-ring (bicyclic) bond motifs is 1. The monoisotopic (exact) mass is 304 g/mol. The fourth-order valence-electron chi connectivity index (χ4n) is 2.16. The van der Waals surface area contributed by atoms with Crippen LogP contribution in [0.2, 0.25) is 0 Å². The summed E-state index contributed by atoms with van der Waals surface area (Å²) in [6, 6.07) is 7.15. The van der Waals surface area contributed by atoms with Gasteiger partial charge in [0, 0.05) is 18.7 Å². The van der Waals surface area contributed by atoms with E-state index in [1.807, 2.05) is 4.57 Å². The first-order chi connectivity index (χ1) is 10.3. The average Bonchev–Trinajstić information content (AvgIpc) is 2.96. The Labute approximate surface area is 126 Å². The second-order valence-corrected chi connectivity index (χ2v) is 5.62. The Morgan fingerprint density at radius 2 is 2.19 bits per heavy atom. The van der Waals surface area contributed by atoms with E-state index in [1.54, 1.807) is 31.4 Å². The minimum Gasteiger partial charge on any atom is -0.497 e. The highest BCUT2D eigenvalue weighted by Gasteiger charge is 2.17. The van der Waals surface area contributed by atoms with Crippen LogP contribution in [0.3, 0.4) is 0 Å². The highest BCUT2D eigenvalue weighted by Crippen LogP contribution is 2.23. The number of thioether (sulfide) groups is 1. The normalized spacial score (nSPS) is 13.4. The zero-order valence-corrected chi connectivity index (χ0v) is 12.5. The van der Waals surface area contributed by atoms with Crippen molar-refractivity contribution in [3.8, 4) is 5.75 Å². The van der Waals surface area contributed by atoms with Crippen molar-refractivity contribution in [3.05, 3.63) is 29.8 Å². The molecule has 0 radical (unpaired) electrons. The van der Waals surface area contributed by atoms with Crippen molar-refractivity contribution in [3.63, 3.8) is 0 Å². The molecule has 0 atom stereocenters. The molecule has 0 fully saturated rings. The molecular weight excluding hydrogens is 288 g/mol. The molecule has 0 saturated carbocycles. The molecule has 2 aromatic rings. The van der Waals surface area contributed by atoms with E-state index in [0.717, 1.165) is 36.4 Å². The molecule has 21 heavy (non-hydrogen) atoms. The summed E-state index contributed by atoms with van der Waals surface area (Å²) < 4.78 is 7.11. The lowest BCUT2D eigenvalue weighted by molar-refractivity contribution is 0.102. The first kappa shape index (κ1) is 13.9. The fourth-order valence-corrected chi connectivity index (χ4v) is 3.01. The topological polar surface area (TPSA) is 69.0 Å². The second-order valence-electron chi connectivity index (χ2n) is 4.68. The standard InChI is InChI=1S/C14H16N4O2S/c1-20-11-5-3-10(4-6-11)12(19)9-21-14-17-16-13-15-7-2-8-18(13)14/h3-6H,2,7-9H2,1H3,(H,15,16). The van der Waals surface area contributed by atoms with E-state index in [0.29, 0.717) is 11.3 Å². The van der Waals surface area contributed by atoms with Crippen LogP contribution in [-0.2, 0) is 6.54 Å². The van der Waals surface area contributed by atoms with Gasteiger partial charge in [0.1, 0.15) is 5.75 Å². The summed E-state index contributed by atoms with van der Waals surface area (Å²) in [5.41, 5.74) is 0.680. The van der Waals surface area contributed by atoms with Crippen LogP contribution in [0.25, 0.3) is 0 Å². The minimum atomic E-state index is 0.0729. The van der Waals surface area contributed by atoms with E-state index in [-0.39, 0.29) is 5.78 Å². The molecule has 0 unspecified atom stereocenters. The van der Waals surface area contributed by atoms with Gasteiger partial charge >= 0.3 is 0 Å². The Morgan fingerprint density at radius 1 is 1.38 bits per heavy atom. The van der Waals surface area contributed by atoms with Gasteiger partial charge in [-0.1, -0.05) is 11.8 Å². The van der Waals surface area contributed by atoms with Gasteiger partial charge in [0.25, 0.3) is 0 Å². The quantitative estimate of drug-likeness (QED) is 0.674. The highest BCUT2D eigenvalue weighted by molar-refractivity contribution is 7.99. The van der Waals surface area contributed by atoms with E-state index in [2.05, 4.69) is 15.5 Å². The molecule has 0 saturated heterocycles.